The molecule has 0 fully saturated rings. The Hall–Kier alpha value is -2.03. The minimum Gasteiger partial charge on any atom is -0.399 e. The zero-order valence-electron chi connectivity index (χ0n) is 10.2. The lowest BCUT2D eigenvalue weighted by molar-refractivity contribution is 1.01. The van der Waals surface area contributed by atoms with Gasteiger partial charge < -0.3 is 11.1 Å². The fourth-order valence-corrected chi connectivity index (χ4v) is 1.81. The molecule has 0 aliphatic heterocycles. The standard InChI is InChI=1S/C14H17N3/c1-10-6-12(15)8-14(7-10)16-9-13-5-3-4-11(2)17-13/h3-8,16H,9,15H2,1-2H3. The maximum atomic E-state index is 5.80. The van der Waals surface area contributed by atoms with Gasteiger partial charge in [0, 0.05) is 17.1 Å². The number of nitrogens with zero attached hydrogens (tertiary/aromatic N) is 1. The Morgan fingerprint density at radius 2 is 2.00 bits per heavy atom. The number of hydrogen-bond acceptors (Lipinski definition) is 3. The van der Waals surface area contributed by atoms with Gasteiger partial charge in [0.15, 0.2) is 0 Å². The summed E-state index contributed by atoms with van der Waals surface area (Å²) in [5, 5.41) is 3.33. The number of nitrogens with one attached hydrogen (secondary N) is 1. The quantitative estimate of drug-likeness (QED) is 0.793. The van der Waals surface area contributed by atoms with Crippen molar-refractivity contribution in [2.75, 3.05) is 11.1 Å². The van der Waals surface area contributed by atoms with E-state index in [4.69, 9.17) is 5.73 Å². The van der Waals surface area contributed by atoms with E-state index in [1.165, 1.54) is 0 Å². The first kappa shape index (κ1) is 11.5. The molecule has 0 radical (unpaired) electrons. The number of aromatic nitrogens is 1. The van der Waals surface area contributed by atoms with Crippen LogP contribution in [0.25, 0.3) is 0 Å². The lowest BCUT2D eigenvalue weighted by atomic mass is 10.2. The van der Waals surface area contributed by atoms with Crippen molar-refractivity contribution in [2.24, 2.45) is 0 Å². The van der Waals surface area contributed by atoms with E-state index >= 15 is 0 Å². The molecule has 3 heteroatoms. The Morgan fingerprint density at radius 3 is 2.71 bits per heavy atom. The van der Waals surface area contributed by atoms with E-state index in [0.29, 0.717) is 6.54 Å². The van der Waals surface area contributed by atoms with Crippen LogP contribution in [0.4, 0.5) is 11.4 Å². The zero-order chi connectivity index (χ0) is 12.3. The van der Waals surface area contributed by atoms with Gasteiger partial charge in [0.25, 0.3) is 0 Å². The smallest absolute Gasteiger partial charge is 0.0597 e. The highest BCUT2D eigenvalue weighted by Crippen LogP contribution is 2.16. The maximum absolute atomic E-state index is 5.80. The van der Waals surface area contributed by atoms with Crippen molar-refractivity contribution < 1.29 is 0 Å². The molecule has 0 aliphatic rings. The number of pyridine rings is 1. The Kier molecular flexibility index (Phi) is 3.28. The molecule has 0 bridgehead atoms. The molecule has 0 amide bonds. The van der Waals surface area contributed by atoms with E-state index in [9.17, 15) is 0 Å². The fraction of sp³-hybridized carbons (Fsp3) is 0.214. The van der Waals surface area contributed by atoms with Crippen molar-refractivity contribution in [2.45, 2.75) is 20.4 Å². The number of hydrogen-bond donors (Lipinski definition) is 2. The van der Waals surface area contributed by atoms with Crippen LogP contribution in [0.15, 0.2) is 36.4 Å². The third kappa shape index (κ3) is 3.21. The van der Waals surface area contributed by atoms with E-state index in [-0.39, 0.29) is 0 Å². The predicted octanol–water partition coefficient (Wildman–Crippen LogP) is 2.89. The van der Waals surface area contributed by atoms with Crippen molar-refractivity contribution in [3.05, 3.63) is 53.3 Å². The van der Waals surface area contributed by atoms with Gasteiger partial charge in [-0.3, -0.25) is 4.98 Å². The van der Waals surface area contributed by atoms with Gasteiger partial charge in [-0.05, 0) is 49.7 Å². The molecule has 1 aromatic heterocycles. The van der Waals surface area contributed by atoms with Crippen LogP contribution in [0.2, 0.25) is 0 Å². The van der Waals surface area contributed by atoms with Gasteiger partial charge in [-0.25, -0.2) is 0 Å². The summed E-state index contributed by atoms with van der Waals surface area (Å²) in [6, 6.07) is 12.0. The highest BCUT2D eigenvalue weighted by Gasteiger charge is 1.98. The second-order valence-electron chi connectivity index (χ2n) is 4.26. The molecular formula is C14H17N3. The second kappa shape index (κ2) is 4.87. The van der Waals surface area contributed by atoms with Crippen molar-refractivity contribution in [3.8, 4) is 0 Å². The van der Waals surface area contributed by atoms with E-state index in [0.717, 1.165) is 28.3 Å². The van der Waals surface area contributed by atoms with Gasteiger partial charge in [0.05, 0.1) is 12.2 Å². The Balaban J connectivity index is 2.07. The molecule has 0 saturated carbocycles. The molecule has 3 nitrogen and oxygen atoms in total. The summed E-state index contributed by atoms with van der Waals surface area (Å²) in [7, 11) is 0. The third-order valence-electron chi connectivity index (χ3n) is 2.52. The van der Waals surface area contributed by atoms with Gasteiger partial charge in [-0.15, -0.1) is 0 Å². The summed E-state index contributed by atoms with van der Waals surface area (Å²) in [4.78, 5) is 4.44. The SMILES string of the molecule is Cc1cc(N)cc(NCc2cccc(C)n2)c1. The average molecular weight is 227 g/mol. The molecule has 0 spiro atoms. The summed E-state index contributed by atoms with van der Waals surface area (Å²) >= 11 is 0. The first-order chi connectivity index (χ1) is 8.13. The van der Waals surface area contributed by atoms with Crippen molar-refractivity contribution in [3.63, 3.8) is 0 Å². The molecule has 0 saturated heterocycles. The Bertz CT molecular complexity index is 500. The number of anilines is 2. The summed E-state index contributed by atoms with van der Waals surface area (Å²) in [5.41, 5.74) is 10.8. The van der Waals surface area contributed by atoms with Gasteiger partial charge in [-0.1, -0.05) is 6.07 Å². The highest BCUT2D eigenvalue weighted by molar-refractivity contribution is 5.56. The molecule has 17 heavy (non-hydrogen) atoms. The first-order valence-corrected chi connectivity index (χ1v) is 5.67. The minimum atomic E-state index is 0.713. The third-order valence-corrected chi connectivity index (χ3v) is 2.52. The predicted molar refractivity (Wildman–Crippen MR) is 71.9 cm³/mol. The van der Waals surface area contributed by atoms with Gasteiger partial charge in [-0.2, -0.15) is 0 Å². The van der Waals surface area contributed by atoms with Crippen LogP contribution in [0.1, 0.15) is 17.0 Å². The van der Waals surface area contributed by atoms with E-state index in [2.05, 4.69) is 16.4 Å². The molecule has 2 aromatic rings. The monoisotopic (exact) mass is 227 g/mol. The van der Waals surface area contributed by atoms with Crippen LogP contribution in [0, 0.1) is 13.8 Å². The number of benzene rings is 1. The van der Waals surface area contributed by atoms with E-state index < -0.39 is 0 Å². The van der Waals surface area contributed by atoms with Crippen molar-refractivity contribution >= 4 is 11.4 Å². The van der Waals surface area contributed by atoms with Crippen LogP contribution in [-0.2, 0) is 6.54 Å². The molecule has 1 heterocycles. The van der Waals surface area contributed by atoms with Gasteiger partial charge in [0.1, 0.15) is 0 Å². The first-order valence-electron chi connectivity index (χ1n) is 5.67. The summed E-state index contributed by atoms with van der Waals surface area (Å²) in [6.07, 6.45) is 0. The highest BCUT2D eigenvalue weighted by atomic mass is 14.9. The van der Waals surface area contributed by atoms with Gasteiger partial charge in [0.2, 0.25) is 0 Å². The molecule has 0 atom stereocenters. The molecular weight excluding hydrogens is 210 g/mol. The Morgan fingerprint density at radius 1 is 1.18 bits per heavy atom. The number of rotatable bonds is 3. The lowest BCUT2D eigenvalue weighted by Gasteiger charge is -2.08. The second-order valence-corrected chi connectivity index (χ2v) is 4.26. The molecule has 1 aromatic carbocycles. The number of nitrogen functional groups attached to an aromatic ring is 1. The largest absolute Gasteiger partial charge is 0.399 e. The molecule has 0 unspecified atom stereocenters. The topological polar surface area (TPSA) is 50.9 Å². The fourth-order valence-electron chi connectivity index (χ4n) is 1.81. The Labute approximate surface area is 102 Å². The van der Waals surface area contributed by atoms with E-state index in [1.54, 1.807) is 0 Å². The molecule has 88 valence electrons. The number of aryl methyl sites for hydroxylation is 2. The van der Waals surface area contributed by atoms with E-state index in [1.807, 2.05) is 44.2 Å². The number of nitrogens with two attached hydrogens (primary N) is 1. The lowest BCUT2D eigenvalue weighted by Crippen LogP contribution is -2.03. The van der Waals surface area contributed by atoms with Gasteiger partial charge >= 0.3 is 0 Å². The summed E-state index contributed by atoms with van der Waals surface area (Å²) in [6.45, 7) is 4.74. The van der Waals surface area contributed by atoms with Crippen LogP contribution in [0.5, 0.6) is 0 Å². The molecule has 3 N–H and O–H groups in total. The van der Waals surface area contributed by atoms with Crippen LogP contribution < -0.4 is 11.1 Å². The van der Waals surface area contributed by atoms with Crippen LogP contribution >= 0.6 is 0 Å². The van der Waals surface area contributed by atoms with Crippen LogP contribution in [-0.4, -0.2) is 4.98 Å². The minimum absolute atomic E-state index is 0.713. The normalized spacial score (nSPS) is 10.2. The zero-order valence-corrected chi connectivity index (χ0v) is 10.2. The average Bonchev–Trinajstić information content (AvgIpc) is 2.25. The molecule has 2 rings (SSSR count). The summed E-state index contributed by atoms with van der Waals surface area (Å²) in [5.74, 6) is 0. The maximum Gasteiger partial charge on any atom is 0.0597 e. The van der Waals surface area contributed by atoms with Crippen molar-refractivity contribution in [1.29, 1.82) is 0 Å². The molecule has 0 aliphatic carbocycles. The van der Waals surface area contributed by atoms with Crippen molar-refractivity contribution in [1.82, 2.24) is 4.98 Å². The van der Waals surface area contributed by atoms with Crippen LogP contribution in [0.3, 0.4) is 0 Å². The summed E-state index contributed by atoms with van der Waals surface area (Å²) < 4.78 is 0.